The summed E-state index contributed by atoms with van der Waals surface area (Å²) in [5, 5.41) is 5.51. The zero-order valence-electron chi connectivity index (χ0n) is 11.1. The fourth-order valence-corrected chi connectivity index (χ4v) is 1.69. The number of benzene rings is 1. The van der Waals surface area contributed by atoms with Crippen molar-refractivity contribution in [2.45, 2.75) is 13.5 Å². The summed E-state index contributed by atoms with van der Waals surface area (Å²) in [6.45, 7) is 1.90. The van der Waals surface area contributed by atoms with E-state index < -0.39 is 0 Å². The molecule has 20 heavy (non-hydrogen) atoms. The molecule has 2 N–H and O–H groups in total. The molecule has 1 heterocycles. The minimum absolute atomic E-state index is 0.0881. The Morgan fingerprint density at radius 3 is 2.75 bits per heavy atom. The standard InChI is InChI=1S/C15H15N3O2/c1-11(19)17-9-12-4-2-6-14(8-12)18-15(20)13-5-3-7-16-10-13/h2-8,10H,9H2,1H3,(H,17,19)(H,18,20). The molecule has 0 unspecified atom stereocenters. The van der Waals surface area contributed by atoms with E-state index >= 15 is 0 Å². The number of nitrogens with zero attached hydrogens (tertiary/aromatic N) is 1. The van der Waals surface area contributed by atoms with Crippen molar-refractivity contribution in [1.29, 1.82) is 0 Å². The fourth-order valence-electron chi connectivity index (χ4n) is 1.69. The van der Waals surface area contributed by atoms with E-state index in [4.69, 9.17) is 0 Å². The first kappa shape index (κ1) is 13.7. The summed E-state index contributed by atoms with van der Waals surface area (Å²) in [6.07, 6.45) is 3.13. The zero-order chi connectivity index (χ0) is 14.4. The summed E-state index contributed by atoms with van der Waals surface area (Å²) >= 11 is 0. The number of carbonyl (C=O) groups excluding carboxylic acids is 2. The van der Waals surface area contributed by atoms with Gasteiger partial charge >= 0.3 is 0 Å². The van der Waals surface area contributed by atoms with Crippen molar-refractivity contribution >= 4 is 17.5 Å². The van der Waals surface area contributed by atoms with Crippen molar-refractivity contribution in [3.63, 3.8) is 0 Å². The molecule has 2 aromatic rings. The first-order chi connectivity index (χ1) is 9.65. The first-order valence-corrected chi connectivity index (χ1v) is 6.20. The van der Waals surface area contributed by atoms with Crippen LogP contribution in [0.15, 0.2) is 48.8 Å². The van der Waals surface area contributed by atoms with Gasteiger partial charge in [0.25, 0.3) is 5.91 Å². The van der Waals surface area contributed by atoms with Crippen LogP contribution in [-0.4, -0.2) is 16.8 Å². The molecule has 0 spiro atoms. The van der Waals surface area contributed by atoms with Gasteiger partial charge in [-0.2, -0.15) is 0 Å². The first-order valence-electron chi connectivity index (χ1n) is 6.20. The lowest BCUT2D eigenvalue weighted by Gasteiger charge is -2.07. The Labute approximate surface area is 117 Å². The molecule has 1 aromatic heterocycles. The van der Waals surface area contributed by atoms with Crippen molar-refractivity contribution in [3.05, 3.63) is 59.9 Å². The molecule has 0 aliphatic carbocycles. The summed E-state index contributed by atoms with van der Waals surface area (Å²) in [6, 6.07) is 10.7. The highest BCUT2D eigenvalue weighted by Gasteiger charge is 2.06. The normalized spacial score (nSPS) is 9.85. The lowest BCUT2D eigenvalue weighted by Crippen LogP contribution is -2.19. The summed E-state index contributed by atoms with van der Waals surface area (Å²) in [5.41, 5.74) is 2.10. The smallest absolute Gasteiger partial charge is 0.257 e. The summed E-state index contributed by atoms with van der Waals surface area (Å²) in [4.78, 5) is 26.8. The average Bonchev–Trinajstić information content (AvgIpc) is 2.46. The van der Waals surface area contributed by atoms with Crippen LogP contribution >= 0.6 is 0 Å². The van der Waals surface area contributed by atoms with Crippen LogP contribution in [0.4, 0.5) is 5.69 Å². The maximum absolute atomic E-state index is 12.0. The fraction of sp³-hybridized carbons (Fsp3) is 0.133. The van der Waals surface area contributed by atoms with Crippen LogP contribution in [0.2, 0.25) is 0 Å². The average molecular weight is 269 g/mol. The van der Waals surface area contributed by atoms with Crippen molar-refractivity contribution in [3.8, 4) is 0 Å². The highest BCUT2D eigenvalue weighted by molar-refractivity contribution is 6.04. The van der Waals surface area contributed by atoms with Crippen LogP contribution in [0.5, 0.6) is 0 Å². The van der Waals surface area contributed by atoms with Crippen molar-refractivity contribution in [2.75, 3.05) is 5.32 Å². The lowest BCUT2D eigenvalue weighted by molar-refractivity contribution is -0.119. The molecule has 2 amide bonds. The number of nitrogens with one attached hydrogen (secondary N) is 2. The molecule has 5 nitrogen and oxygen atoms in total. The van der Waals surface area contributed by atoms with Crippen LogP contribution in [0, 0.1) is 0 Å². The number of pyridine rings is 1. The van der Waals surface area contributed by atoms with E-state index in [9.17, 15) is 9.59 Å². The van der Waals surface area contributed by atoms with E-state index in [1.54, 1.807) is 24.4 Å². The van der Waals surface area contributed by atoms with Gasteiger partial charge in [-0.3, -0.25) is 14.6 Å². The van der Waals surface area contributed by atoms with Crippen LogP contribution in [0.25, 0.3) is 0 Å². The van der Waals surface area contributed by atoms with Gasteiger partial charge in [-0.25, -0.2) is 0 Å². The Hall–Kier alpha value is -2.69. The minimum Gasteiger partial charge on any atom is -0.352 e. The van der Waals surface area contributed by atoms with Gasteiger partial charge in [-0.05, 0) is 29.8 Å². The second kappa shape index (κ2) is 6.47. The number of anilines is 1. The molecule has 0 radical (unpaired) electrons. The maximum atomic E-state index is 12.0. The van der Waals surface area contributed by atoms with E-state index in [1.807, 2.05) is 18.2 Å². The number of hydrogen-bond acceptors (Lipinski definition) is 3. The Balaban J connectivity index is 2.04. The third-order valence-corrected chi connectivity index (χ3v) is 2.65. The second-order valence-corrected chi connectivity index (χ2v) is 4.31. The van der Waals surface area contributed by atoms with Gasteiger partial charge in [0.2, 0.25) is 5.91 Å². The van der Waals surface area contributed by atoms with E-state index in [-0.39, 0.29) is 11.8 Å². The Bertz CT molecular complexity index is 612. The molecule has 0 bridgehead atoms. The Morgan fingerprint density at radius 1 is 1.20 bits per heavy atom. The summed E-state index contributed by atoms with van der Waals surface area (Å²) in [5.74, 6) is -0.301. The molecule has 0 saturated heterocycles. The highest BCUT2D eigenvalue weighted by Crippen LogP contribution is 2.12. The van der Waals surface area contributed by atoms with Crippen molar-refractivity contribution < 1.29 is 9.59 Å². The van der Waals surface area contributed by atoms with Crippen LogP contribution in [-0.2, 0) is 11.3 Å². The van der Waals surface area contributed by atoms with Crippen molar-refractivity contribution in [1.82, 2.24) is 10.3 Å². The lowest BCUT2D eigenvalue weighted by atomic mass is 10.2. The van der Waals surface area contributed by atoms with Crippen LogP contribution < -0.4 is 10.6 Å². The number of aromatic nitrogens is 1. The number of rotatable bonds is 4. The number of amides is 2. The molecule has 0 aliphatic heterocycles. The quantitative estimate of drug-likeness (QED) is 0.891. The maximum Gasteiger partial charge on any atom is 0.257 e. The molecular formula is C15H15N3O2. The van der Waals surface area contributed by atoms with Gasteiger partial charge in [0.15, 0.2) is 0 Å². The van der Waals surface area contributed by atoms with Gasteiger partial charge in [-0.1, -0.05) is 12.1 Å². The van der Waals surface area contributed by atoms with E-state index in [2.05, 4.69) is 15.6 Å². The highest BCUT2D eigenvalue weighted by atomic mass is 16.2. The Morgan fingerprint density at radius 2 is 2.05 bits per heavy atom. The van der Waals surface area contributed by atoms with Gasteiger partial charge in [-0.15, -0.1) is 0 Å². The second-order valence-electron chi connectivity index (χ2n) is 4.31. The van der Waals surface area contributed by atoms with E-state index in [0.717, 1.165) is 5.56 Å². The minimum atomic E-state index is -0.213. The van der Waals surface area contributed by atoms with Gasteiger partial charge in [0.05, 0.1) is 5.56 Å². The summed E-state index contributed by atoms with van der Waals surface area (Å²) < 4.78 is 0. The van der Waals surface area contributed by atoms with Gasteiger partial charge in [0.1, 0.15) is 0 Å². The Kier molecular flexibility index (Phi) is 4.44. The molecule has 102 valence electrons. The SMILES string of the molecule is CC(=O)NCc1cccc(NC(=O)c2cccnc2)c1. The predicted octanol–water partition coefficient (Wildman–Crippen LogP) is 1.97. The molecule has 1 aromatic carbocycles. The van der Waals surface area contributed by atoms with E-state index in [0.29, 0.717) is 17.8 Å². The van der Waals surface area contributed by atoms with Gasteiger partial charge < -0.3 is 10.6 Å². The molecule has 2 rings (SSSR count). The molecule has 0 fully saturated rings. The summed E-state index contributed by atoms with van der Waals surface area (Å²) in [7, 11) is 0. The molecular weight excluding hydrogens is 254 g/mol. The molecule has 0 aliphatic rings. The van der Waals surface area contributed by atoms with Crippen LogP contribution in [0.3, 0.4) is 0 Å². The monoisotopic (exact) mass is 269 g/mol. The van der Waals surface area contributed by atoms with E-state index in [1.165, 1.54) is 13.1 Å². The third kappa shape index (κ3) is 3.91. The van der Waals surface area contributed by atoms with Crippen molar-refractivity contribution in [2.24, 2.45) is 0 Å². The predicted molar refractivity (Wildman–Crippen MR) is 76.2 cm³/mol. The zero-order valence-corrected chi connectivity index (χ0v) is 11.1. The third-order valence-electron chi connectivity index (χ3n) is 2.65. The molecule has 0 atom stereocenters. The molecule has 5 heteroatoms. The van der Waals surface area contributed by atoms with Crippen LogP contribution in [0.1, 0.15) is 22.8 Å². The largest absolute Gasteiger partial charge is 0.352 e. The topological polar surface area (TPSA) is 71.1 Å². The number of carbonyl (C=O) groups is 2. The number of hydrogen-bond donors (Lipinski definition) is 2. The van der Waals surface area contributed by atoms with Gasteiger partial charge in [0, 0.05) is 31.5 Å². The molecule has 0 saturated carbocycles.